The van der Waals surface area contributed by atoms with E-state index in [-0.39, 0.29) is 0 Å². The predicted molar refractivity (Wildman–Crippen MR) is 70.0 cm³/mol. The van der Waals surface area contributed by atoms with Crippen molar-refractivity contribution >= 4 is 22.7 Å². The molecule has 1 radical (unpaired) electrons. The number of anilines is 1. The number of hydrogen-bond acceptors (Lipinski definition) is 4. The van der Waals surface area contributed by atoms with Crippen LogP contribution in [0, 0.1) is 6.07 Å². The van der Waals surface area contributed by atoms with E-state index in [4.69, 9.17) is 4.42 Å². The summed E-state index contributed by atoms with van der Waals surface area (Å²) < 4.78 is 5.78. The number of furan rings is 1. The lowest BCUT2D eigenvalue weighted by Gasteiger charge is -2.15. The fourth-order valence-electron chi connectivity index (χ4n) is 2.13. The van der Waals surface area contributed by atoms with Crippen molar-refractivity contribution in [3.63, 3.8) is 0 Å². The van der Waals surface area contributed by atoms with E-state index < -0.39 is 0 Å². The zero-order chi connectivity index (χ0) is 11.9. The summed E-state index contributed by atoms with van der Waals surface area (Å²) in [5, 5.41) is 7.41. The van der Waals surface area contributed by atoms with E-state index >= 15 is 0 Å². The molecule has 87 valence electrons. The summed E-state index contributed by atoms with van der Waals surface area (Å²) in [4.78, 5) is 2.07. The summed E-state index contributed by atoms with van der Waals surface area (Å²) >= 11 is 0. The van der Waals surface area contributed by atoms with Gasteiger partial charge in [-0.1, -0.05) is 12.1 Å². The highest BCUT2D eigenvalue weighted by Crippen LogP contribution is 2.28. The normalized spacial score (nSPS) is 17.4. The van der Waals surface area contributed by atoms with Crippen molar-refractivity contribution in [2.24, 2.45) is 5.10 Å². The van der Waals surface area contributed by atoms with Crippen molar-refractivity contribution in [3.05, 3.63) is 54.8 Å². The van der Waals surface area contributed by atoms with Crippen LogP contribution in [0.25, 0.3) is 11.0 Å². The van der Waals surface area contributed by atoms with E-state index in [9.17, 15) is 0 Å². The third-order valence-corrected chi connectivity index (χ3v) is 3.03. The largest absolute Gasteiger partial charge is 0.439 e. The summed E-state index contributed by atoms with van der Waals surface area (Å²) in [5.41, 5.74) is 0.861. The average Bonchev–Trinajstić information content (AvgIpc) is 3.02. The van der Waals surface area contributed by atoms with Gasteiger partial charge in [0.2, 0.25) is 5.88 Å². The molecule has 0 saturated carbocycles. The fourth-order valence-corrected chi connectivity index (χ4v) is 2.13. The molecule has 0 amide bonds. The summed E-state index contributed by atoms with van der Waals surface area (Å²) in [6.07, 6.45) is 7.97. The predicted octanol–water partition coefficient (Wildman–Crippen LogP) is 2.71. The Kier molecular flexibility index (Phi) is 1.85. The number of nitrogens with zero attached hydrogens (tertiary/aromatic N) is 3. The molecule has 3 heterocycles. The van der Waals surface area contributed by atoms with Gasteiger partial charge in [0, 0.05) is 17.7 Å². The molecule has 0 saturated heterocycles. The van der Waals surface area contributed by atoms with Crippen LogP contribution in [-0.4, -0.2) is 17.4 Å². The minimum Gasteiger partial charge on any atom is -0.439 e. The SMILES string of the molecule is [c]1ccc2oc(N3CN4C=CC=CC4=N3)cc2c1. The Balaban J connectivity index is 1.74. The van der Waals surface area contributed by atoms with Gasteiger partial charge in [0.25, 0.3) is 0 Å². The summed E-state index contributed by atoms with van der Waals surface area (Å²) in [7, 11) is 0. The van der Waals surface area contributed by atoms with Gasteiger partial charge in [-0.15, -0.1) is 5.10 Å². The maximum absolute atomic E-state index is 5.78. The molecule has 2 aromatic rings. The van der Waals surface area contributed by atoms with Crippen molar-refractivity contribution in [1.29, 1.82) is 0 Å². The molecular weight excluding hydrogens is 226 g/mol. The van der Waals surface area contributed by atoms with Crippen LogP contribution >= 0.6 is 0 Å². The number of hydrazone groups is 1. The Bertz CT molecular complexity index is 663. The van der Waals surface area contributed by atoms with Gasteiger partial charge in [-0.25, -0.2) is 5.01 Å². The van der Waals surface area contributed by atoms with Crippen LogP contribution in [0.5, 0.6) is 0 Å². The van der Waals surface area contributed by atoms with Crippen molar-refractivity contribution in [1.82, 2.24) is 4.90 Å². The van der Waals surface area contributed by atoms with Crippen molar-refractivity contribution in [2.45, 2.75) is 0 Å². The van der Waals surface area contributed by atoms with Crippen LogP contribution in [0.4, 0.5) is 5.88 Å². The van der Waals surface area contributed by atoms with Gasteiger partial charge in [0.1, 0.15) is 12.3 Å². The Morgan fingerprint density at radius 3 is 3.22 bits per heavy atom. The van der Waals surface area contributed by atoms with E-state index in [2.05, 4.69) is 16.1 Å². The van der Waals surface area contributed by atoms with Crippen molar-refractivity contribution in [2.75, 3.05) is 11.7 Å². The number of allylic oxidation sites excluding steroid dienone is 2. The number of hydrogen-bond donors (Lipinski definition) is 0. The molecule has 0 aliphatic carbocycles. The van der Waals surface area contributed by atoms with Gasteiger partial charge in [0.15, 0.2) is 5.84 Å². The monoisotopic (exact) mass is 236 g/mol. The van der Waals surface area contributed by atoms with E-state index in [0.29, 0.717) is 6.67 Å². The highest BCUT2D eigenvalue weighted by molar-refractivity contribution is 5.97. The molecule has 0 bridgehead atoms. The fraction of sp³-hybridized carbons (Fsp3) is 0.0714. The Morgan fingerprint density at radius 2 is 2.33 bits per heavy atom. The summed E-state index contributed by atoms with van der Waals surface area (Å²) in [6, 6.07) is 10.7. The van der Waals surface area contributed by atoms with Gasteiger partial charge in [-0.3, -0.25) is 0 Å². The van der Waals surface area contributed by atoms with Crippen LogP contribution in [0.3, 0.4) is 0 Å². The number of fused-ring (bicyclic) bond motifs is 2. The van der Waals surface area contributed by atoms with Crippen LogP contribution in [0.1, 0.15) is 0 Å². The first kappa shape index (κ1) is 9.53. The number of amidine groups is 1. The zero-order valence-corrected chi connectivity index (χ0v) is 9.58. The smallest absolute Gasteiger partial charge is 0.218 e. The molecule has 0 atom stereocenters. The Morgan fingerprint density at radius 1 is 1.33 bits per heavy atom. The maximum Gasteiger partial charge on any atom is 0.218 e. The second-order valence-corrected chi connectivity index (χ2v) is 4.22. The van der Waals surface area contributed by atoms with Crippen LogP contribution in [-0.2, 0) is 0 Å². The van der Waals surface area contributed by atoms with Crippen LogP contribution in [0.15, 0.2) is 58.2 Å². The van der Waals surface area contributed by atoms with Crippen LogP contribution < -0.4 is 5.01 Å². The van der Waals surface area contributed by atoms with Crippen molar-refractivity contribution in [3.8, 4) is 0 Å². The quantitative estimate of drug-likeness (QED) is 0.763. The van der Waals surface area contributed by atoms with E-state index in [1.165, 1.54) is 0 Å². The molecule has 0 fully saturated rings. The molecular formula is C14H10N3O. The van der Waals surface area contributed by atoms with Gasteiger partial charge < -0.3 is 9.32 Å². The second kappa shape index (κ2) is 3.50. The first-order chi connectivity index (χ1) is 8.90. The molecule has 0 N–H and O–H groups in total. The molecule has 1 aromatic heterocycles. The third kappa shape index (κ3) is 1.35. The molecule has 4 heteroatoms. The van der Waals surface area contributed by atoms with E-state index in [0.717, 1.165) is 22.7 Å². The minimum absolute atomic E-state index is 0.680. The second-order valence-electron chi connectivity index (χ2n) is 4.22. The Labute approximate surface area is 104 Å². The molecule has 0 spiro atoms. The highest BCUT2D eigenvalue weighted by Gasteiger charge is 2.23. The molecule has 2 aliphatic rings. The molecule has 4 nitrogen and oxygen atoms in total. The first-order valence-corrected chi connectivity index (χ1v) is 5.77. The van der Waals surface area contributed by atoms with Gasteiger partial charge in [-0.2, -0.15) is 0 Å². The highest BCUT2D eigenvalue weighted by atomic mass is 16.4. The van der Waals surface area contributed by atoms with Crippen molar-refractivity contribution < 1.29 is 4.42 Å². The first-order valence-electron chi connectivity index (χ1n) is 5.77. The molecule has 0 unspecified atom stereocenters. The van der Waals surface area contributed by atoms with Crippen LogP contribution in [0.2, 0.25) is 0 Å². The lowest BCUT2D eigenvalue weighted by atomic mass is 10.3. The molecule has 2 aliphatic heterocycles. The molecule has 4 rings (SSSR count). The average molecular weight is 236 g/mol. The number of benzene rings is 1. The van der Waals surface area contributed by atoms with E-state index in [1.807, 2.05) is 53.7 Å². The lowest BCUT2D eigenvalue weighted by Crippen LogP contribution is -2.25. The minimum atomic E-state index is 0.680. The van der Waals surface area contributed by atoms with E-state index in [1.54, 1.807) is 0 Å². The third-order valence-electron chi connectivity index (χ3n) is 3.03. The summed E-state index contributed by atoms with van der Waals surface area (Å²) in [5.74, 6) is 1.69. The topological polar surface area (TPSA) is 32.0 Å². The molecule has 18 heavy (non-hydrogen) atoms. The standard InChI is InChI=1S/C14H10N3O/c1-2-6-12-11(5-1)9-14(18-12)17-10-16-8-4-3-7-13(16)15-17/h2-9H,10H2. The Hall–Kier alpha value is -2.49. The zero-order valence-electron chi connectivity index (χ0n) is 9.58. The lowest BCUT2D eigenvalue weighted by molar-refractivity contribution is 0.538. The number of rotatable bonds is 1. The van der Waals surface area contributed by atoms with Gasteiger partial charge >= 0.3 is 0 Å². The maximum atomic E-state index is 5.78. The summed E-state index contributed by atoms with van der Waals surface area (Å²) in [6.45, 7) is 0.680. The van der Waals surface area contributed by atoms with Gasteiger partial charge in [-0.05, 0) is 30.4 Å². The molecule has 1 aromatic carbocycles. The van der Waals surface area contributed by atoms with Gasteiger partial charge in [0.05, 0.1) is 0 Å².